The van der Waals surface area contributed by atoms with Crippen molar-refractivity contribution in [2.45, 2.75) is 44.6 Å². The van der Waals surface area contributed by atoms with Crippen LogP contribution < -0.4 is 10.6 Å². The summed E-state index contributed by atoms with van der Waals surface area (Å²) in [5, 5.41) is 6.63. The Balaban J connectivity index is 1.41. The summed E-state index contributed by atoms with van der Waals surface area (Å²) in [4.78, 5) is 12.3. The molecule has 3 heteroatoms. The summed E-state index contributed by atoms with van der Waals surface area (Å²) in [6, 6.07) is 8.12. The molecule has 1 heterocycles. The van der Waals surface area contributed by atoms with Gasteiger partial charge in [0.15, 0.2) is 0 Å². The van der Waals surface area contributed by atoms with Crippen LogP contribution in [0.5, 0.6) is 0 Å². The second kappa shape index (κ2) is 4.59. The Morgan fingerprint density at radius 2 is 2.00 bits per heavy atom. The molecule has 3 aliphatic rings. The van der Waals surface area contributed by atoms with Crippen molar-refractivity contribution >= 4 is 11.6 Å². The quantitative estimate of drug-likeness (QED) is 0.883. The number of anilines is 1. The Bertz CT molecular complexity index is 532. The van der Waals surface area contributed by atoms with Gasteiger partial charge in [-0.3, -0.25) is 4.79 Å². The normalized spacial score (nSPS) is 27.4. The number of benzene rings is 1. The monoisotopic (exact) mass is 270 g/mol. The summed E-state index contributed by atoms with van der Waals surface area (Å²) in [6.07, 6.45) is 7.42. The van der Waals surface area contributed by atoms with Crippen molar-refractivity contribution in [2.24, 2.45) is 11.3 Å². The van der Waals surface area contributed by atoms with Gasteiger partial charge in [-0.1, -0.05) is 18.2 Å². The number of aryl methyl sites for hydroxylation is 1. The molecule has 1 aromatic rings. The Morgan fingerprint density at radius 3 is 2.75 bits per heavy atom. The summed E-state index contributed by atoms with van der Waals surface area (Å²) >= 11 is 0. The Hall–Kier alpha value is -1.35. The summed E-state index contributed by atoms with van der Waals surface area (Å²) in [5.41, 5.74) is 2.80. The summed E-state index contributed by atoms with van der Waals surface area (Å²) in [5.74, 6) is 1.09. The smallest absolute Gasteiger partial charge is 0.241 e. The predicted octanol–water partition coefficient (Wildman–Crippen LogP) is 2.72. The van der Waals surface area contributed by atoms with Gasteiger partial charge in [-0.05, 0) is 61.5 Å². The van der Waals surface area contributed by atoms with E-state index in [1.165, 1.54) is 31.2 Å². The minimum absolute atomic E-state index is 0.0291. The molecule has 20 heavy (non-hydrogen) atoms. The molecule has 4 rings (SSSR count). The van der Waals surface area contributed by atoms with Gasteiger partial charge in [0.1, 0.15) is 0 Å². The van der Waals surface area contributed by atoms with Crippen LogP contribution in [0.15, 0.2) is 24.3 Å². The van der Waals surface area contributed by atoms with Crippen molar-refractivity contribution < 1.29 is 4.79 Å². The van der Waals surface area contributed by atoms with Crippen molar-refractivity contribution in [3.63, 3.8) is 0 Å². The van der Waals surface area contributed by atoms with E-state index < -0.39 is 0 Å². The van der Waals surface area contributed by atoms with Gasteiger partial charge in [-0.15, -0.1) is 0 Å². The van der Waals surface area contributed by atoms with E-state index in [0.717, 1.165) is 31.0 Å². The average molecular weight is 270 g/mol. The number of hydrogen-bond donors (Lipinski definition) is 2. The van der Waals surface area contributed by atoms with Crippen molar-refractivity contribution in [1.29, 1.82) is 0 Å². The molecule has 3 nitrogen and oxygen atoms in total. The lowest BCUT2D eigenvalue weighted by Crippen LogP contribution is -2.42. The molecule has 0 bridgehead atoms. The second-order valence-electron chi connectivity index (χ2n) is 6.76. The van der Waals surface area contributed by atoms with Crippen LogP contribution in [-0.2, 0) is 11.2 Å². The first-order chi connectivity index (χ1) is 9.77. The van der Waals surface area contributed by atoms with Crippen LogP contribution in [0, 0.1) is 11.3 Å². The molecular weight excluding hydrogens is 248 g/mol. The Kier molecular flexibility index (Phi) is 2.84. The summed E-state index contributed by atoms with van der Waals surface area (Å²) in [6.45, 7) is 1.03. The standard InChI is InChI=1S/C17H22N2O/c20-16-15(18-11-17(9-10-17)13-6-7-13)8-5-12-3-1-2-4-14(12)19-16/h1-4,13,15,18H,5-11H2,(H,19,20). The van der Waals surface area contributed by atoms with Crippen LogP contribution in [-0.4, -0.2) is 18.5 Å². The molecule has 1 aliphatic heterocycles. The molecule has 1 unspecified atom stereocenters. The molecule has 106 valence electrons. The van der Waals surface area contributed by atoms with E-state index in [1.807, 2.05) is 18.2 Å². The third kappa shape index (κ3) is 2.24. The van der Waals surface area contributed by atoms with Crippen LogP contribution in [0.1, 0.15) is 37.7 Å². The zero-order chi connectivity index (χ0) is 13.6. The van der Waals surface area contributed by atoms with Crippen LogP contribution >= 0.6 is 0 Å². The Labute approximate surface area is 120 Å². The van der Waals surface area contributed by atoms with Crippen molar-refractivity contribution in [1.82, 2.24) is 5.32 Å². The summed E-state index contributed by atoms with van der Waals surface area (Å²) < 4.78 is 0. The minimum atomic E-state index is -0.0291. The van der Waals surface area contributed by atoms with E-state index in [0.29, 0.717) is 5.41 Å². The second-order valence-corrected chi connectivity index (χ2v) is 6.76. The van der Waals surface area contributed by atoms with Gasteiger partial charge in [0.05, 0.1) is 6.04 Å². The largest absolute Gasteiger partial charge is 0.324 e. The highest BCUT2D eigenvalue weighted by atomic mass is 16.2. The average Bonchev–Trinajstić information content (AvgIpc) is 3.31. The van der Waals surface area contributed by atoms with Gasteiger partial charge in [0.25, 0.3) is 0 Å². The highest BCUT2D eigenvalue weighted by molar-refractivity contribution is 5.96. The first kappa shape index (κ1) is 12.4. The molecule has 1 aromatic carbocycles. The number of hydrogen-bond acceptors (Lipinski definition) is 2. The highest BCUT2D eigenvalue weighted by Gasteiger charge is 2.53. The molecule has 2 fully saturated rings. The fourth-order valence-electron chi connectivity index (χ4n) is 3.62. The summed E-state index contributed by atoms with van der Waals surface area (Å²) in [7, 11) is 0. The predicted molar refractivity (Wildman–Crippen MR) is 79.6 cm³/mol. The van der Waals surface area contributed by atoms with Crippen molar-refractivity contribution in [3.05, 3.63) is 29.8 Å². The van der Waals surface area contributed by atoms with Gasteiger partial charge in [-0.2, -0.15) is 0 Å². The topological polar surface area (TPSA) is 41.1 Å². The van der Waals surface area contributed by atoms with Crippen LogP contribution in [0.2, 0.25) is 0 Å². The number of fused-ring (bicyclic) bond motifs is 1. The zero-order valence-electron chi connectivity index (χ0n) is 11.8. The van der Waals surface area contributed by atoms with Crippen LogP contribution in [0.4, 0.5) is 5.69 Å². The van der Waals surface area contributed by atoms with E-state index >= 15 is 0 Å². The van der Waals surface area contributed by atoms with E-state index in [9.17, 15) is 4.79 Å². The highest BCUT2D eigenvalue weighted by Crippen LogP contribution is 2.60. The lowest BCUT2D eigenvalue weighted by Gasteiger charge is -2.20. The molecule has 0 saturated heterocycles. The molecule has 0 aromatic heterocycles. The molecule has 2 N–H and O–H groups in total. The number of nitrogens with one attached hydrogen (secondary N) is 2. The molecule has 2 saturated carbocycles. The molecular formula is C17H22N2O. The van der Waals surface area contributed by atoms with Crippen molar-refractivity contribution in [3.8, 4) is 0 Å². The molecule has 1 amide bonds. The van der Waals surface area contributed by atoms with Crippen LogP contribution in [0.3, 0.4) is 0 Å². The van der Waals surface area contributed by atoms with Gasteiger partial charge < -0.3 is 10.6 Å². The number of para-hydroxylation sites is 1. The van der Waals surface area contributed by atoms with E-state index in [1.54, 1.807) is 0 Å². The van der Waals surface area contributed by atoms with E-state index in [2.05, 4.69) is 16.7 Å². The first-order valence-corrected chi connectivity index (χ1v) is 7.89. The molecule has 1 atom stereocenters. The third-order valence-corrected chi connectivity index (χ3v) is 5.33. The molecule has 2 aliphatic carbocycles. The SMILES string of the molecule is O=C1Nc2ccccc2CCC1NCC1(C2CC2)CC1. The molecule has 0 spiro atoms. The number of carbonyl (C=O) groups excluding carboxylic acids is 1. The maximum Gasteiger partial charge on any atom is 0.241 e. The first-order valence-electron chi connectivity index (χ1n) is 7.89. The van der Waals surface area contributed by atoms with Gasteiger partial charge in [0.2, 0.25) is 5.91 Å². The van der Waals surface area contributed by atoms with Crippen molar-refractivity contribution in [2.75, 3.05) is 11.9 Å². The maximum absolute atomic E-state index is 12.3. The number of amides is 1. The van der Waals surface area contributed by atoms with E-state index in [4.69, 9.17) is 0 Å². The third-order valence-electron chi connectivity index (χ3n) is 5.33. The minimum Gasteiger partial charge on any atom is -0.324 e. The maximum atomic E-state index is 12.3. The van der Waals surface area contributed by atoms with Gasteiger partial charge in [0, 0.05) is 12.2 Å². The fourth-order valence-corrected chi connectivity index (χ4v) is 3.62. The zero-order valence-corrected chi connectivity index (χ0v) is 11.8. The van der Waals surface area contributed by atoms with E-state index in [-0.39, 0.29) is 11.9 Å². The lowest BCUT2D eigenvalue weighted by atomic mass is 9.99. The fraction of sp³-hybridized carbons (Fsp3) is 0.588. The number of carbonyl (C=O) groups is 1. The van der Waals surface area contributed by atoms with Gasteiger partial charge in [-0.25, -0.2) is 0 Å². The molecule has 0 radical (unpaired) electrons. The van der Waals surface area contributed by atoms with Crippen LogP contribution in [0.25, 0.3) is 0 Å². The Morgan fingerprint density at radius 1 is 1.20 bits per heavy atom. The number of rotatable bonds is 4. The van der Waals surface area contributed by atoms with Gasteiger partial charge >= 0.3 is 0 Å². The lowest BCUT2D eigenvalue weighted by molar-refractivity contribution is -0.118.